The lowest BCUT2D eigenvalue weighted by molar-refractivity contribution is 0.0997. The molecule has 0 spiro atoms. The van der Waals surface area contributed by atoms with E-state index >= 15 is 0 Å². The fraction of sp³-hybridized carbons (Fsp3) is 0.571. The summed E-state index contributed by atoms with van der Waals surface area (Å²) in [5.41, 5.74) is 0.968. The van der Waals surface area contributed by atoms with Crippen molar-refractivity contribution in [3.63, 3.8) is 0 Å². The van der Waals surface area contributed by atoms with Crippen LogP contribution in [0.15, 0.2) is 18.2 Å². The van der Waals surface area contributed by atoms with Crippen molar-refractivity contribution in [2.45, 2.75) is 39.3 Å². The zero-order valence-electron chi connectivity index (χ0n) is 11.5. The van der Waals surface area contributed by atoms with E-state index in [1.54, 1.807) is 6.07 Å². The van der Waals surface area contributed by atoms with Gasteiger partial charge in [-0.05, 0) is 51.5 Å². The molecule has 1 rings (SSSR count). The highest BCUT2D eigenvalue weighted by atomic mass is 35.5. The topological polar surface area (TPSA) is 41.5 Å². The molecule has 0 aliphatic heterocycles. The zero-order chi connectivity index (χ0) is 13.8. The van der Waals surface area contributed by atoms with Crippen molar-refractivity contribution in [3.8, 4) is 5.75 Å². The van der Waals surface area contributed by atoms with Crippen LogP contribution in [0.2, 0.25) is 5.02 Å². The van der Waals surface area contributed by atoms with Gasteiger partial charge < -0.3 is 15.2 Å². The van der Waals surface area contributed by atoms with E-state index in [0.29, 0.717) is 11.6 Å². The summed E-state index contributed by atoms with van der Waals surface area (Å²) < 4.78 is 5.57. The Hall–Kier alpha value is -0.770. The third-order valence-corrected chi connectivity index (χ3v) is 2.67. The van der Waals surface area contributed by atoms with Gasteiger partial charge in [0.05, 0.1) is 0 Å². The molecule has 3 nitrogen and oxygen atoms in total. The molecule has 1 aromatic carbocycles. The summed E-state index contributed by atoms with van der Waals surface area (Å²) in [7, 11) is 0. The lowest BCUT2D eigenvalue weighted by Gasteiger charge is -2.23. The maximum absolute atomic E-state index is 9.81. The molecule has 0 bridgehead atoms. The highest BCUT2D eigenvalue weighted by molar-refractivity contribution is 6.30. The molecule has 0 aliphatic rings. The van der Waals surface area contributed by atoms with Crippen LogP contribution < -0.4 is 10.1 Å². The van der Waals surface area contributed by atoms with Gasteiger partial charge in [-0.1, -0.05) is 11.6 Å². The summed E-state index contributed by atoms with van der Waals surface area (Å²) in [4.78, 5) is 0. The van der Waals surface area contributed by atoms with E-state index in [9.17, 15) is 5.11 Å². The van der Waals surface area contributed by atoms with Crippen molar-refractivity contribution in [3.05, 3.63) is 28.8 Å². The zero-order valence-corrected chi connectivity index (χ0v) is 12.2. The van der Waals surface area contributed by atoms with Gasteiger partial charge in [0.25, 0.3) is 0 Å². The van der Waals surface area contributed by atoms with E-state index in [4.69, 9.17) is 16.3 Å². The summed E-state index contributed by atoms with van der Waals surface area (Å²) in [5.74, 6) is 0.759. The maximum Gasteiger partial charge on any atom is 0.122 e. The lowest BCUT2D eigenvalue weighted by atomic mass is 10.1. The van der Waals surface area contributed by atoms with Crippen molar-refractivity contribution < 1.29 is 9.84 Å². The van der Waals surface area contributed by atoms with E-state index in [1.165, 1.54) is 0 Å². The molecule has 1 aromatic rings. The van der Waals surface area contributed by atoms with Gasteiger partial charge >= 0.3 is 0 Å². The van der Waals surface area contributed by atoms with E-state index in [1.807, 2.05) is 19.1 Å². The number of rotatable bonds is 5. The molecule has 0 saturated heterocycles. The first-order valence-corrected chi connectivity index (χ1v) is 6.48. The van der Waals surface area contributed by atoms with Gasteiger partial charge in [0.15, 0.2) is 0 Å². The number of nitrogens with one attached hydrogen (secondary N) is 1. The van der Waals surface area contributed by atoms with Crippen molar-refractivity contribution in [1.82, 2.24) is 5.32 Å². The minimum Gasteiger partial charge on any atom is -0.491 e. The van der Waals surface area contributed by atoms with Crippen LogP contribution >= 0.6 is 11.6 Å². The standard InChI is InChI=1S/C14H22ClNO2/c1-10-7-11(15)5-6-13(10)18-9-12(17)8-16-14(2,3)4/h5-7,12,16-17H,8-9H2,1-4H3/t12-/m1/s1. The number of benzene rings is 1. The molecule has 4 heteroatoms. The first-order chi connectivity index (χ1) is 8.28. The molecule has 0 amide bonds. The maximum atomic E-state index is 9.81. The number of β-amino-alcohol motifs (C(OH)–C–C–N with tert-alkyl or cyclic N) is 1. The summed E-state index contributed by atoms with van der Waals surface area (Å²) in [6.45, 7) is 8.89. The van der Waals surface area contributed by atoms with Crippen LogP contribution in [-0.4, -0.2) is 29.9 Å². The third-order valence-electron chi connectivity index (χ3n) is 2.44. The molecule has 18 heavy (non-hydrogen) atoms. The van der Waals surface area contributed by atoms with Crippen molar-refractivity contribution >= 4 is 11.6 Å². The fourth-order valence-electron chi connectivity index (χ4n) is 1.44. The van der Waals surface area contributed by atoms with Crippen LogP contribution in [0.1, 0.15) is 26.3 Å². The quantitative estimate of drug-likeness (QED) is 0.865. The highest BCUT2D eigenvalue weighted by Gasteiger charge is 2.12. The lowest BCUT2D eigenvalue weighted by Crippen LogP contribution is -2.42. The fourth-order valence-corrected chi connectivity index (χ4v) is 1.67. The first kappa shape index (κ1) is 15.3. The SMILES string of the molecule is Cc1cc(Cl)ccc1OC[C@H](O)CNC(C)(C)C. The number of aryl methyl sites for hydroxylation is 1. The van der Waals surface area contributed by atoms with Gasteiger partial charge in [0.1, 0.15) is 18.5 Å². The summed E-state index contributed by atoms with van der Waals surface area (Å²) in [6.07, 6.45) is -0.528. The van der Waals surface area contributed by atoms with Crippen LogP contribution in [0.25, 0.3) is 0 Å². The van der Waals surface area contributed by atoms with Crippen LogP contribution in [0.3, 0.4) is 0 Å². The van der Waals surface area contributed by atoms with Gasteiger partial charge in [-0.2, -0.15) is 0 Å². The smallest absolute Gasteiger partial charge is 0.122 e. The van der Waals surface area contributed by atoms with Crippen molar-refractivity contribution in [1.29, 1.82) is 0 Å². The Bertz CT molecular complexity index is 388. The van der Waals surface area contributed by atoms with E-state index in [2.05, 4.69) is 26.1 Å². The van der Waals surface area contributed by atoms with E-state index < -0.39 is 6.10 Å². The average molecular weight is 272 g/mol. The van der Waals surface area contributed by atoms with Gasteiger partial charge in [0, 0.05) is 17.1 Å². The highest BCUT2D eigenvalue weighted by Crippen LogP contribution is 2.21. The Morgan fingerprint density at radius 2 is 2.06 bits per heavy atom. The second kappa shape index (κ2) is 6.41. The number of hydrogen-bond donors (Lipinski definition) is 2. The third kappa shape index (κ3) is 5.71. The summed E-state index contributed by atoms with van der Waals surface area (Å²) in [6, 6.07) is 5.45. The molecule has 0 heterocycles. The molecule has 0 saturated carbocycles. The van der Waals surface area contributed by atoms with Crippen LogP contribution in [-0.2, 0) is 0 Å². The van der Waals surface area contributed by atoms with Gasteiger partial charge in [0.2, 0.25) is 0 Å². The number of ether oxygens (including phenoxy) is 1. The van der Waals surface area contributed by atoms with Crippen molar-refractivity contribution in [2.24, 2.45) is 0 Å². The molecule has 0 unspecified atom stereocenters. The van der Waals surface area contributed by atoms with Gasteiger partial charge in [-0.25, -0.2) is 0 Å². The molecule has 0 radical (unpaired) electrons. The van der Waals surface area contributed by atoms with Gasteiger partial charge in [-0.15, -0.1) is 0 Å². The minimum absolute atomic E-state index is 0.00281. The number of aliphatic hydroxyl groups is 1. The Kier molecular flexibility index (Phi) is 5.45. The van der Waals surface area contributed by atoms with Gasteiger partial charge in [-0.3, -0.25) is 0 Å². The predicted octanol–water partition coefficient (Wildman–Crippen LogP) is 2.78. The first-order valence-electron chi connectivity index (χ1n) is 6.10. The molecule has 1 atom stereocenters. The molecule has 102 valence electrons. The Morgan fingerprint density at radius 1 is 1.39 bits per heavy atom. The van der Waals surface area contributed by atoms with Crippen LogP contribution in [0, 0.1) is 6.92 Å². The molecular formula is C14H22ClNO2. The predicted molar refractivity (Wildman–Crippen MR) is 75.4 cm³/mol. The van der Waals surface area contributed by atoms with Crippen molar-refractivity contribution in [2.75, 3.05) is 13.2 Å². The van der Waals surface area contributed by atoms with E-state index in [-0.39, 0.29) is 12.1 Å². The van der Waals surface area contributed by atoms with Crippen LogP contribution in [0.5, 0.6) is 5.75 Å². The molecule has 0 fully saturated rings. The Balaban J connectivity index is 2.40. The molecular weight excluding hydrogens is 250 g/mol. The monoisotopic (exact) mass is 271 g/mol. The summed E-state index contributed by atoms with van der Waals surface area (Å²) >= 11 is 5.86. The second-order valence-corrected chi connectivity index (χ2v) is 5.94. The van der Waals surface area contributed by atoms with Crippen LogP contribution in [0.4, 0.5) is 0 Å². The molecule has 0 aliphatic carbocycles. The van der Waals surface area contributed by atoms with E-state index in [0.717, 1.165) is 11.3 Å². The largest absolute Gasteiger partial charge is 0.491 e. The number of hydrogen-bond acceptors (Lipinski definition) is 3. The summed E-state index contributed by atoms with van der Waals surface area (Å²) in [5, 5.41) is 13.7. The second-order valence-electron chi connectivity index (χ2n) is 5.51. The molecule has 0 aromatic heterocycles. The number of halogens is 1. The molecule has 2 N–H and O–H groups in total. The number of aliphatic hydroxyl groups excluding tert-OH is 1. The average Bonchev–Trinajstić information content (AvgIpc) is 2.24. The Labute approximate surface area is 114 Å². The normalized spacial score (nSPS) is 13.4. The Morgan fingerprint density at radius 3 is 2.61 bits per heavy atom. The minimum atomic E-state index is -0.528.